The van der Waals surface area contributed by atoms with Gasteiger partial charge in [-0.15, -0.1) is 0 Å². The van der Waals surface area contributed by atoms with Crippen LogP contribution in [0.2, 0.25) is 5.02 Å². The van der Waals surface area contributed by atoms with Crippen molar-refractivity contribution in [3.63, 3.8) is 0 Å². The van der Waals surface area contributed by atoms with Crippen LogP contribution < -0.4 is 9.80 Å². The van der Waals surface area contributed by atoms with Gasteiger partial charge in [0.1, 0.15) is 16.7 Å². The number of aromatic nitrogens is 4. The topological polar surface area (TPSA) is 64.2 Å². The molecule has 2 aromatic heterocycles. The number of aromatic amines is 1. The van der Waals surface area contributed by atoms with E-state index in [0.717, 1.165) is 78.6 Å². The predicted octanol–water partition coefficient (Wildman–Crippen LogP) is 4.59. The number of rotatable bonds is 8. The minimum Gasteiger partial charge on any atom is -0.367 e. The van der Waals surface area contributed by atoms with E-state index in [9.17, 15) is 0 Å². The Morgan fingerprint density at radius 3 is 2.48 bits per heavy atom. The first-order valence-corrected chi connectivity index (χ1v) is 12.1. The summed E-state index contributed by atoms with van der Waals surface area (Å²) in [6.45, 7) is 10.6. The van der Waals surface area contributed by atoms with Crippen LogP contribution in [0.1, 0.15) is 26.7 Å². The summed E-state index contributed by atoms with van der Waals surface area (Å²) in [7, 11) is 0. The molecule has 1 saturated heterocycles. The molecule has 166 valence electrons. The second-order valence-electron chi connectivity index (χ2n) is 7.85. The van der Waals surface area contributed by atoms with Gasteiger partial charge in [-0.2, -0.15) is 5.10 Å². The van der Waals surface area contributed by atoms with Crippen molar-refractivity contribution in [1.82, 2.24) is 25.1 Å². The van der Waals surface area contributed by atoms with E-state index >= 15 is 0 Å². The molecular formula is C22H29BrClN7. The van der Waals surface area contributed by atoms with Gasteiger partial charge in [0.2, 0.25) is 0 Å². The lowest BCUT2D eigenvalue weighted by atomic mass is 10.0. The minimum absolute atomic E-state index is 0.484. The number of H-pyrrole nitrogens is 1. The van der Waals surface area contributed by atoms with Crippen LogP contribution in [0.3, 0.4) is 0 Å². The molecule has 0 aliphatic carbocycles. The van der Waals surface area contributed by atoms with Gasteiger partial charge in [0.05, 0.1) is 5.39 Å². The molecular weight excluding hydrogens is 478 g/mol. The largest absolute Gasteiger partial charge is 0.367 e. The summed E-state index contributed by atoms with van der Waals surface area (Å²) in [6.07, 6.45) is 3.75. The normalized spacial score (nSPS) is 15.2. The molecule has 1 fully saturated rings. The molecule has 0 bridgehead atoms. The fourth-order valence-electron chi connectivity index (χ4n) is 4.38. The number of piperidine rings is 1. The first-order chi connectivity index (χ1) is 15.1. The third-order valence-corrected chi connectivity index (χ3v) is 7.03. The first-order valence-electron chi connectivity index (χ1n) is 10.9. The molecule has 0 spiro atoms. The number of halogens is 2. The monoisotopic (exact) mass is 505 g/mol. The highest BCUT2D eigenvalue weighted by Gasteiger charge is 2.27. The van der Waals surface area contributed by atoms with Crippen LogP contribution in [-0.2, 0) is 0 Å². The summed E-state index contributed by atoms with van der Waals surface area (Å²) in [5.74, 6) is 0.949. The first kappa shape index (κ1) is 22.3. The molecule has 7 nitrogen and oxygen atoms in total. The van der Waals surface area contributed by atoms with Crippen LogP contribution in [0.25, 0.3) is 11.0 Å². The number of hydrogen-bond acceptors (Lipinski definition) is 6. The van der Waals surface area contributed by atoms with Crippen molar-refractivity contribution in [3.05, 3.63) is 40.2 Å². The van der Waals surface area contributed by atoms with Crippen molar-refractivity contribution in [2.75, 3.05) is 49.1 Å². The standard InChI is InChI=1S/C22H29BrClN7/c1-3-29(4-2)13-14-31(17-7-5-16(24)6-8-17)18-9-11-30(12-10-18)22-19-20(23)27-28-21(19)25-15-26-22/h5-8,15,18H,3-4,9-14H2,1-2H3,(H,25,26,27,28). The van der Waals surface area contributed by atoms with E-state index in [4.69, 9.17) is 11.6 Å². The molecule has 0 radical (unpaired) electrons. The van der Waals surface area contributed by atoms with Crippen molar-refractivity contribution in [3.8, 4) is 0 Å². The van der Waals surface area contributed by atoms with Gasteiger partial charge < -0.3 is 14.7 Å². The lowest BCUT2D eigenvalue weighted by Crippen LogP contribution is -2.47. The number of fused-ring (bicyclic) bond motifs is 1. The lowest BCUT2D eigenvalue weighted by molar-refractivity contribution is 0.302. The highest BCUT2D eigenvalue weighted by Crippen LogP contribution is 2.32. The molecule has 3 aromatic rings. The Labute approximate surface area is 196 Å². The second kappa shape index (κ2) is 10.1. The van der Waals surface area contributed by atoms with Gasteiger partial charge in [-0.25, -0.2) is 9.97 Å². The number of likely N-dealkylation sites (N-methyl/N-ethyl adjacent to an activating group) is 1. The fourth-order valence-corrected chi connectivity index (χ4v) is 4.96. The Balaban J connectivity index is 1.50. The average molecular weight is 507 g/mol. The highest BCUT2D eigenvalue weighted by atomic mass is 79.9. The van der Waals surface area contributed by atoms with Crippen LogP contribution in [0.4, 0.5) is 11.5 Å². The van der Waals surface area contributed by atoms with Crippen LogP contribution >= 0.6 is 27.5 Å². The number of nitrogens with zero attached hydrogens (tertiary/aromatic N) is 6. The zero-order chi connectivity index (χ0) is 21.8. The molecule has 0 unspecified atom stereocenters. The van der Waals surface area contributed by atoms with E-state index in [-0.39, 0.29) is 0 Å². The van der Waals surface area contributed by atoms with Crippen LogP contribution in [0, 0.1) is 0 Å². The van der Waals surface area contributed by atoms with Gasteiger partial charge in [-0.05, 0) is 66.1 Å². The number of benzene rings is 1. The molecule has 1 aliphatic heterocycles. The summed E-state index contributed by atoms with van der Waals surface area (Å²) in [5.41, 5.74) is 2.01. The summed E-state index contributed by atoms with van der Waals surface area (Å²) in [5, 5.41) is 8.93. The molecule has 1 aliphatic rings. The van der Waals surface area contributed by atoms with E-state index in [0.29, 0.717) is 6.04 Å². The van der Waals surface area contributed by atoms with Gasteiger partial charge in [-0.1, -0.05) is 25.4 Å². The van der Waals surface area contributed by atoms with Crippen molar-refractivity contribution in [1.29, 1.82) is 0 Å². The van der Waals surface area contributed by atoms with E-state index in [1.807, 2.05) is 12.1 Å². The summed E-state index contributed by atoms with van der Waals surface area (Å²) in [4.78, 5) is 16.3. The molecule has 9 heteroatoms. The molecule has 0 atom stereocenters. The van der Waals surface area contributed by atoms with Crippen molar-refractivity contribution in [2.24, 2.45) is 0 Å². The van der Waals surface area contributed by atoms with E-state index in [2.05, 4.69) is 76.8 Å². The molecule has 31 heavy (non-hydrogen) atoms. The van der Waals surface area contributed by atoms with Crippen molar-refractivity contribution in [2.45, 2.75) is 32.7 Å². The minimum atomic E-state index is 0.484. The lowest BCUT2D eigenvalue weighted by Gasteiger charge is -2.41. The predicted molar refractivity (Wildman–Crippen MR) is 131 cm³/mol. The summed E-state index contributed by atoms with van der Waals surface area (Å²) in [6, 6.07) is 8.76. The Bertz CT molecular complexity index is 981. The molecule has 4 rings (SSSR count). The Morgan fingerprint density at radius 1 is 1.10 bits per heavy atom. The molecule has 3 heterocycles. The SMILES string of the molecule is CCN(CC)CCN(c1ccc(Cl)cc1)C1CCN(c2ncnc3[nH]nc(Br)c23)CC1. The number of anilines is 2. The smallest absolute Gasteiger partial charge is 0.161 e. The van der Waals surface area contributed by atoms with E-state index in [1.54, 1.807) is 6.33 Å². The maximum absolute atomic E-state index is 6.16. The molecule has 1 aromatic carbocycles. The second-order valence-corrected chi connectivity index (χ2v) is 9.04. The van der Waals surface area contributed by atoms with Crippen LogP contribution in [0.15, 0.2) is 35.2 Å². The van der Waals surface area contributed by atoms with Crippen LogP contribution in [0.5, 0.6) is 0 Å². The fraction of sp³-hybridized carbons (Fsp3) is 0.500. The number of nitrogens with one attached hydrogen (secondary N) is 1. The van der Waals surface area contributed by atoms with Gasteiger partial charge in [0.25, 0.3) is 0 Å². The summed E-state index contributed by atoms with van der Waals surface area (Å²) >= 11 is 9.69. The zero-order valence-electron chi connectivity index (χ0n) is 18.1. The van der Waals surface area contributed by atoms with Gasteiger partial charge in [0.15, 0.2) is 5.65 Å². The Morgan fingerprint density at radius 2 is 1.81 bits per heavy atom. The molecule has 0 saturated carbocycles. The number of hydrogen-bond donors (Lipinski definition) is 1. The van der Waals surface area contributed by atoms with E-state index < -0.39 is 0 Å². The third kappa shape index (κ3) is 4.96. The zero-order valence-corrected chi connectivity index (χ0v) is 20.4. The van der Waals surface area contributed by atoms with Gasteiger partial charge in [0, 0.05) is 42.9 Å². The van der Waals surface area contributed by atoms with Gasteiger partial charge in [-0.3, -0.25) is 5.10 Å². The van der Waals surface area contributed by atoms with E-state index in [1.165, 1.54) is 5.69 Å². The summed E-state index contributed by atoms with van der Waals surface area (Å²) < 4.78 is 0.766. The maximum atomic E-state index is 6.16. The van der Waals surface area contributed by atoms with Crippen LogP contribution in [-0.4, -0.2) is 70.4 Å². The maximum Gasteiger partial charge on any atom is 0.161 e. The van der Waals surface area contributed by atoms with Gasteiger partial charge >= 0.3 is 0 Å². The third-order valence-electron chi connectivity index (χ3n) is 6.21. The van der Waals surface area contributed by atoms with Crippen molar-refractivity contribution >= 4 is 50.1 Å². The molecule has 0 amide bonds. The molecule has 1 N–H and O–H groups in total. The highest BCUT2D eigenvalue weighted by molar-refractivity contribution is 9.10. The Hall–Kier alpha value is -1.90. The van der Waals surface area contributed by atoms with Crippen molar-refractivity contribution < 1.29 is 0 Å². The quantitative estimate of drug-likeness (QED) is 0.482. The Kier molecular flexibility index (Phi) is 7.30. The average Bonchev–Trinajstić information content (AvgIpc) is 3.19.